The average Bonchev–Trinajstić information content (AvgIpc) is 2.46. The lowest BCUT2D eigenvalue weighted by molar-refractivity contribution is 0.147. The molecule has 82 valence electrons. The van der Waals surface area contributed by atoms with Crippen LogP contribution >= 0.6 is 12.2 Å². The van der Waals surface area contributed by atoms with E-state index in [9.17, 15) is 0 Å². The van der Waals surface area contributed by atoms with E-state index in [0.717, 1.165) is 44.4 Å². The van der Waals surface area contributed by atoms with Gasteiger partial charge in [-0.1, -0.05) is 0 Å². The van der Waals surface area contributed by atoms with Gasteiger partial charge in [0.05, 0.1) is 13.2 Å². The average molecular weight is 218 g/mol. The molecule has 0 aromatic heterocycles. The molecule has 0 atom stereocenters. The minimum absolute atomic E-state index is 0.685. The van der Waals surface area contributed by atoms with Crippen LogP contribution in [0.2, 0.25) is 0 Å². The molecule has 0 spiro atoms. The molecule has 1 rings (SSSR count). The van der Waals surface area contributed by atoms with Gasteiger partial charge in [0.2, 0.25) is 0 Å². The maximum Gasteiger partial charge on any atom is 0.169 e. The number of nitrogens with one attached hydrogen (secondary N) is 1. The lowest BCUT2D eigenvalue weighted by Gasteiger charge is -2.23. The van der Waals surface area contributed by atoms with Gasteiger partial charge in [-0.2, -0.15) is 0 Å². The van der Waals surface area contributed by atoms with Crippen LogP contribution in [-0.4, -0.2) is 56.6 Å². The molecule has 14 heavy (non-hydrogen) atoms. The molecule has 1 heterocycles. The first kappa shape index (κ1) is 11.7. The van der Waals surface area contributed by atoms with Crippen molar-refractivity contribution in [1.82, 2.24) is 10.2 Å². The molecule has 0 aromatic rings. The van der Waals surface area contributed by atoms with E-state index in [0.29, 0.717) is 6.61 Å². The standard InChI is InChI=1S/C9H18N2O2S/c1-12-7-3-10-9(14)11-4-2-6-13-8-5-11/h2-8H2,1H3,(H,10,14). The molecule has 1 fully saturated rings. The van der Waals surface area contributed by atoms with E-state index in [1.54, 1.807) is 7.11 Å². The molecular formula is C9H18N2O2S. The summed E-state index contributed by atoms with van der Waals surface area (Å²) in [6.45, 7) is 4.94. The molecule has 1 saturated heterocycles. The number of hydrogen-bond donors (Lipinski definition) is 1. The molecule has 0 bridgehead atoms. The van der Waals surface area contributed by atoms with Crippen molar-refractivity contribution < 1.29 is 9.47 Å². The van der Waals surface area contributed by atoms with Crippen LogP contribution in [0.3, 0.4) is 0 Å². The molecule has 0 saturated carbocycles. The fourth-order valence-corrected chi connectivity index (χ4v) is 1.61. The highest BCUT2D eigenvalue weighted by Gasteiger charge is 2.11. The number of nitrogens with zero attached hydrogens (tertiary/aromatic N) is 1. The molecule has 1 aliphatic heterocycles. The number of hydrogen-bond acceptors (Lipinski definition) is 3. The first-order valence-electron chi connectivity index (χ1n) is 4.94. The van der Waals surface area contributed by atoms with E-state index in [1.165, 1.54) is 0 Å². The lowest BCUT2D eigenvalue weighted by atomic mass is 10.4. The summed E-state index contributed by atoms with van der Waals surface area (Å²) >= 11 is 5.25. The smallest absolute Gasteiger partial charge is 0.169 e. The molecule has 0 aromatic carbocycles. The zero-order chi connectivity index (χ0) is 10.2. The Hall–Kier alpha value is -0.390. The quantitative estimate of drug-likeness (QED) is 0.542. The van der Waals surface area contributed by atoms with E-state index < -0.39 is 0 Å². The van der Waals surface area contributed by atoms with Crippen molar-refractivity contribution in [2.45, 2.75) is 6.42 Å². The number of methoxy groups -OCH3 is 1. The predicted molar refractivity (Wildman–Crippen MR) is 59.5 cm³/mol. The fraction of sp³-hybridized carbons (Fsp3) is 0.889. The van der Waals surface area contributed by atoms with E-state index in [2.05, 4.69) is 10.2 Å². The summed E-state index contributed by atoms with van der Waals surface area (Å²) in [5, 5.41) is 3.97. The van der Waals surface area contributed by atoms with Crippen LogP contribution in [0.25, 0.3) is 0 Å². The highest BCUT2D eigenvalue weighted by molar-refractivity contribution is 7.80. The summed E-state index contributed by atoms with van der Waals surface area (Å²) in [6, 6.07) is 0. The second-order valence-electron chi connectivity index (χ2n) is 3.18. The van der Waals surface area contributed by atoms with Gasteiger partial charge in [0.25, 0.3) is 0 Å². The van der Waals surface area contributed by atoms with Gasteiger partial charge >= 0.3 is 0 Å². The molecule has 0 amide bonds. The molecule has 1 N–H and O–H groups in total. The van der Waals surface area contributed by atoms with Crippen molar-refractivity contribution in [3.63, 3.8) is 0 Å². The van der Waals surface area contributed by atoms with Gasteiger partial charge in [-0.25, -0.2) is 0 Å². The van der Waals surface area contributed by atoms with Crippen molar-refractivity contribution in [3.05, 3.63) is 0 Å². The number of thiocarbonyl (C=S) groups is 1. The maximum absolute atomic E-state index is 5.35. The Balaban J connectivity index is 2.20. The van der Waals surface area contributed by atoms with Crippen LogP contribution in [0.5, 0.6) is 0 Å². The fourth-order valence-electron chi connectivity index (χ4n) is 1.32. The summed E-state index contributed by atoms with van der Waals surface area (Å²) in [5.41, 5.74) is 0. The van der Waals surface area contributed by atoms with Crippen LogP contribution < -0.4 is 5.32 Å². The maximum atomic E-state index is 5.35. The molecule has 0 aliphatic carbocycles. The molecule has 0 radical (unpaired) electrons. The van der Waals surface area contributed by atoms with Gasteiger partial charge in [-0.3, -0.25) is 0 Å². The second-order valence-corrected chi connectivity index (χ2v) is 3.56. The van der Waals surface area contributed by atoms with Crippen LogP contribution in [-0.2, 0) is 9.47 Å². The van der Waals surface area contributed by atoms with Crippen LogP contribution in [0, 0.1) is 0 Å². The Labute approximate surface area is 90.5 Å². The van der Waals surface area contributed by atoms with E-state index in [-0.39, 0.29) is 0 Å². The Morgan fingerprint density at radius 1 is 1.50 bits per heavy atom. The topological polar surface area (TPSA) is 33.7 Å². The summed E-state index contributed by atoms with van der Waals surface area (Å²) in [6.07, 6.45) is 1.05. The summed E-state index contributed by atoms with van der Waals surface area (Å²) < 4.78 is 10.3. The lowest BCUT2D eigenvalue weighted by Crippen LogP contribution is -2.42. The minimum atomic E-state index is 0.685. The van der Waals surface area contributed by atoms with Crippen LogP contribution in [0.15, 0.2) is 0 Å². The molecule has 0 unspecified atom stereocenters. The van der Waals surface area contributed by atoms with Gasteiger partial charge in [0.1, 0.15) is 0 Å². The van der Waals surface area contributed by atoms with Crippen molar-refractivity contribution in [1.29, 1.82) is 0 Å². The predicted octanol–water partition coefficient (Wildman–Crippen LogP) is 0.230. The van der Waals surface area contributed by atoms with E-state index >= 15 is 0 Å². The molecule has 1 aliphatic rings. The summed E-state index contributed by atoms with van der Waals surface area (Å²) in [4.78, 5) is 2.15. The first-order chi connectivity index (χ1) is 6.84. The minimum Gasteiger partial charge on any atom is -0.383 e. The van der Waals surface area contributed by atoms with Crippen molar-refractivity contribution >= 4 is 17.3 Å². The summed E-state index contributed by atoms with van der Waals surface area (Å²) in [7, 11) is 1.69. The van der Waals surface area contributed by atoms with E-state index in [1.807, 2.05) is 0 Å². The molecule has 4 nitrogen and oxygen atoms in total. The van der Waals surface area contributed by atoms with E-state index in [4.69, 9.17) is 21.7 Å². The Morgan fingerprint density at radius 3 is 3.14 bits per heavy atom. The summed E-state index contributed by atoms with van der Waals surface area (Å²) in [5.74, 6) is 0. The Kier molecular flexibility index (Phi) is 5.82. The Morgan fingerprint density at radius 2 is 2.36 bits per heavy atom. The normalized spacial score (nSPS) is 17.6. The third kappa shape index (κ3) is 4.21. The zero-order valence-electron chi connectivity index (χ0n) is 8.62. The third-order valence-electron chi connectivity index (χ3n) is 2.09. The SMILES string of the molecule is COCCNC(=S)N1CCCOCC1. The van der Waals surface area contributed by atoms with Gasteiger partial charge in [-0.15, -0.1) is 0 Å². The van der Waals surface area contributed by atoms with Gasteiger partial charge in [0, 0.05) is 33.4 Å². The van der Waals surface area contributed by atoms with Crippen molar-refractivity contribution in [3.8, 4) is 0 Å². The second kappa shape index (κ2) is 6.98. The monoisotopic (exact) mass is 218 g/mol. The van der Waals surface area contributed by atoms with Gasteiger partial charge in [-0.05, 0) is 18.6 Å². The van der Waals surface area contributed by atoms with Gasteiger partial charge in [0.15, 0.2) is 5.11 Å². The molecule has 5 heteroatoms. The largest absolute Gasteiger partial charge is 0.383 e. The van der Waals surface area contributed by atoms with Crippen molar-refractivity contribution in [2.75, 3.05) is 46.6 Å². The van der Waals surface area contributed by atoms with Gasteiger partial charge < -0.3 is 19.7 Å². The zero-order valence-corrected chi connectivity index (χ0v) is 9.44. The number of ether oxygens (including phenoxy) is 2. The first-order valence-corrected chi connectivity index (χ1v) is 5.35. The Bertz CT molecular complexity index is 170. The van der Waals surface area contributed by atoms with Crippen LogP contribution in [0.1, 0.15) is 6.42 Å². The molecular weight excluding hydrogens is 200 g/mol. The highest BCUT2D eigenvalue weighted by atomic mass is 32.1. The third-order valence-corrected chi connectivity index (χ3v) is 2.49. The highest BCUT2D eigenvalue weighted by Crippen LogP contribution is 1.99. The van der Waals surface area contributed by atoms with Crippen LogP contribution in [0.4, 0.5) is 0 Å². The number of rotatable bonds is 3. The van der Waals surface area contributed by atoms with Crippen molar-refractivity contribution in [2.24, 2.45) is 0 Å².